The van der Waals surface area contributed by atoms with Crippen LogP contribution in [0, 0.1) is 0 Å². The normalized spacial score (nSPS) is 17.4. The van der Waals surface area contributed by atoms with Crippen LogP contribution in [-0.4, -0.2) is 33.0 Å². The van der Waals surface area contributed by atoms with E-state index in [-0.39, 0.29) is 10.9 Å². The van der Waals surface area contributed by atoms with Crippen molar-refractivity contribution in [3.05, 3.63) is 60.4 Å². The van der Waals surface area contributed by atoms with Gasteiger partial charge in [-0.2, -0.15) is 10.2 Å². The molecule has 0 amide bonds. The summed E-state index contributed by atoms with van der Waals surface area (Å²) in [5.74, 6) is 0.659. The lowest BCUT2D eigenvalue weighted by Crippen LogP contribution is -2.33. The van der Waals surface area contributed by atoms with Crippen molar-refractivity contribution in [3.8, 4) is 0 Å². The number of aromatic nitrogens is 5. The number of aryl methyl sites for hydroxylation is 1. The summed E-state index contributed by atoms with van der Waals surface area (Å²) in [7, 11) is -3.67. The first-order valence-electron chi connectivity index (χ1n) is 8.08. The third-order valence-electron chi connectivity index (χ3n) is 4.22. The summed E-state index contributed by atoms with van der Waals surface area (Å²) in [6.07, 6.45) is 5.94. The van der Waals surface area contributed by atoms with Gasteiger partial charge < -0.3 is 0 Å². The lowest BCUT2D eigenvalue weighted by atomic mass is 10.1. The minimum Gasteiger partial charge on any atom is -0.267 e. The molecule has 0 radical (unpaired) electrons. The van der Waals surface area contributed by atoms with Crippen molar-refractivity contribution in [1.82, 2.24) is 29.3 Å². The van der Waals surface area contributed by atoms with E-state index in [1.54, 1.807) is 15.6 Å². The minimum atomic E-state index is -3.67. The van der Waals surface area contributed by atoms with E-state index in [1.165, 1.54) is 12.5 Å². The van der Waals surface area contributed by atoms with Gasteiger partial charge in [-0.3, -0.25) is 4.68 Å². The molecule has 0 spiro atoms. The highest BCUT2D eigenvalue weighted by molar-refractivity contribution is 7.89. The number of nitrogens with zero attached hydrogens (tertiary/aromatic N) is 5. The monoisotopic (exact) mass is 358 g/mol. The van der Waals surface area contributed by atoms with Gasteiger partial charge in [-0.05, 0) is 18.4 Å². The maximum absolute atomic E-state index is 12.7. The fraction of sp³-hybridized carbons (Fsp3) is 0.312. The third kappa shape index (κ3) is 3.33. The Morgan fingerprint density at radius 1 is 1.20 bits per heavy atom. The fourth-order valence-corrected chi connectivity index (χ4v) is 4.18. The molecule has 0 unspecified atom stereocenters. The molecule has 25 heavy (non-hydrogen) atoms. The molecule has 9 heteroatoms. The summed E-state index contributed by atoms with van der Waals surface area (Å²) in [6.45, 7) is 1.29. The Morgan fingerprint density at radius 2 is 2.04 bits per heavy atom. The van der Waals surface area contributed by atoms with Crippen LogP contribution in [-0.2, 0) is 23.1 Å². The van der Waals surface area contributed by atoms with Crippen LogP contribution in [0.2, 0.25) is 0 Å². The number of nitrogens with one attached hydrogen (secondary N) is 1. The number of hydrogen-bond donors (Lipinski definition) is 1. The molecule has 1 aliphatic rings. The zero-order valence-corrected chi connectivity index (χ0v) is 14.3. The molecular formula is C16H18N6O2S. The smallest absolute Gasteiger partial charge is 0.244 e. The van der Waals surface area contributed by atoms with E-state index in [1.807, 2.05) is 30.3 Å². The Hall–Kier alpha value is -2.52. The Kier molecular flexibility index (Phi) is 4.10. The number of rotatable bonds is 5. The highest BCUT2D eigenvalue weighted by atomic mass is 32.2. The molecule has 0 fully saturated rings. The second-order valence-corrected chi connectivity index (χ2v) is 7.73. The third-order valence-corrected chi connectivity index (χ3v) is 5.65. The predicted octanol–water partition coefficient (Wildman–Crippen LogP) is 1.34. The van der Waals surface area contributed by atoms with E-state index in [2.05, 4.69) is 19.9 Å². The lowest BCUT2D eigenvalue weighted by molar-refractivity contribution is 0.400. The van der Waals surface area contributed by atoms with Crippen LogP contribution in [0.5, 0.6) is 0 Å². The molecule has 0 saturated carbocycles. The van der Waals surface area contributed by atoms with Crippen LogP contribution < -0.4 is 4.72 Å². The molecule has 0 bridgehead atoms. The van der Waals surface area contributed by atoms with Crippen LogP contribution >= 0.6 is 0 Å². The van der Waals surface area contributed by atoms with E-state index in [9.17, 15) is 8.42 Å². The van der Waals surface area contributed by atoms with Gasteiger partial charge in [0.15, 0.2) is 0 Å². The van der Waals surface area contributed by atoms with E-state index < -0.39 is 10.0 Å². The second kappa shape index (κ2) is 6.41. The van der Waals surface area contributed by atoms with Gasteiger partial charge in [-0.15, -0.1) is 0 Å². The molecule has 3 heterocycles. The molecule has 4 rings (SSSR count). The molecule has 2 aromatic heterocycles. The van der Waals surface area contributed by atoms with Gasteiger partial charge >= 0.3 is 0 Å². The van der Waals surface area contributed by atoms with E-state index in [4.69, 9.17) is 0 Å². The molecule has 1 aliphatic heterocycles. The van der Waals surface area contributed by atoms with Gasteiger partial charge in [-0.25, -0.2) is 22.8 Å². The maximum atomic E-state index is 12.7. The average molecular weight is 358 g/mol. The average Bonchev–Trinajstić information content (AvgIpc) is 3.25. The van der Waals surface area contributed by atoms with Gasteiger partial charge in [0.25, 0.3) is 0 Å². The highest BCUT2D eigenvalue weighted by Crippen LogP contribution is 2.24. The van der Waals surface area contributed by atoms with Crippen molar-refractivity contribution in [2.45, 2.75) is 36.9 Å². The Labute approximate surface area is 145 Å². The SMILES string of the molecule is O=S(=O)(N[C@H]1CCCn2ncnc21)c1cnn(Cc2ccccc2)c1. The summed E-state index contributed by atoms with van der Waals surface area (Å²) in [5.41, 5.74) is 1.06. The van der Waals surface area contributed by atoms with Crippen molar-refractivity contribution >= 4 is 10.0 Å². The van der Waals surface area contributed by atoms with Crippen molar-refractivity contribution in [1.29, 1.82) is 0 Å². The summed E-state index contributed by atoms with van der Waals surface area (Å²) in [5, 5.41) is 8.28. The zero-order valence-electron chi connectivity index (χ0n) is 13.5. The number of benzene rings is 1. The van der Waals surface area contributed by atoms with E-state index in [0.717, 1.165) is 18.5 Å². The second-order valence-electron chi connectivity index (χ2n) is 6.02. The molecule has 1 N–H and O–H groups in total. The number of hydrogen-bond acceptors (Lipinski definition) is 5. The number of fused-ring (bicyclic) bond motifs is 1. The van der Waals surface area contributed by atoms with Gasteiger partial charge in [0, 0.05) is 12.7 Å². The first-order valence-corrected chi connectivity index (χ1v) is 9.56. The van der Waals surface area contributed by atoms with E-state index >= 15 is 0 Å². The van der Waals surface area contributed by atoms with Gasteiger partial charge in [0.1, 0.15) is 17.0 Å². The Bertz CT molecular complexity index is 963. The van der Waals surface area contributed by atoms with Crippen LogP contribution in [0.1, 0.15) is 30.3 Å². The Balaban J connectivity index is 1.52. The molecule has 1 atom stereocenters. The van der Waals surface area contributed by atoms with Crippen molar-refractivity contribution in [3.63, 3.8) is 0 Å². The van der Waals surface area contributed by atoms with Gasteiger partial charge in [-0.1, -0.05) is 30.3 Å². The molecule has 0 saturated heterocycles. The maximum Gasteiger partial charge on any atom is 0.244 e. The molecule has 1 aromatic carbocycles. The van der Waals surface area contributed by atoms with Crippen LogP contribution in [0.3, 0.4) is 0 Å². The summed E-state index contributed by atoms with van der Waals surface area (Å²) in [6, 6.07) is 9.41. The predicted molar refractivity (Wildman–Crippen MR) is 90.1 cm³/mol. The van der Waals surface area contributed by atoms with Crippen molar-refractivity contribution in [2.24, 2.45) is 0 Å². The summed E-state index contributed by atoms with van der Waals surface area (Å²) < 4.78 is 31.4. The first kappa shape index (κ1) is 16.0. The summed E-state index contributed by atoms with van der Waals surface area (Å²) in [4.78, 5) is 4.33. The van der Waals surface area contributed by atoms with Gasteiger partial charge in [0.2, 0.25) is 10.0 Å². The Morgan fingerprint density at radius 3 is 2.88 bits per heavy atom. The van der Waals surface area contributed by atoms with Crippen molar-refractivity contribution < 1.29 is 8.42 Å². The zero-order chi connectivity index (χ0) is 17.3. The molecule has 3 aromatic rings. The van der Waals surface area contributed by atoms with Crippen LogP contribution in [0.25, 0.3) is 0 Å². The van der Waals surface area contributed by atoms with E-state index in [0.29, 0.717) is 18.8 Å². The fourth-order valence-electron chi connectivity index (χ4n) is 3.00. The first-order chi connectivity index (χ1) is 12.1. The molecular weight excluding hydrogens is 340 g/mol. The summed E-state index contributed by atoms with van der Waals surface area (Å²) >= 11 is 0. The number of sulfonamides is 1. The van der Waals surface area contributed by atoms with Crippen LogP contribution in [0.4, 0.5) is 0 Å². The minimum absolute atomic E-state index is 0.153. The molecule has 0 aliphatic carbocycles. The van der Waals surface area contributed by atoms with Crippen LogP contribution in [0.15, 0.2) is 53.9 Å². The molecule has 8 nitrogen and oxygen atoms in total. The standard InChI is InChI=1S/C16H18N6O2S/c23-25(24,20-15-7-4-8-22-16(15)17-12-19-22)14-9-18-21(11-14)10-13-5-2-1-3-6-13/h1-3,5-6,9,11-12,15,20H,4,7-8,10H2/t15-/m0/s1. The quantitative estimate of drug-likeness (QED) is 0.743. The highest BCUT2D eigenvalue weighted by Gasteiger charge is 2.28. The van der Waals surface area contributed by atoms with Gasteiger partial charge in [0.05, 0.1) is 18.8 Å². The lowest BCUT2D eigenvalue weighted by Gasteiger charge is -2.22. The molecule has 130 valence electrons. The topological polar surface area (TPSA) is 94.7 Å². The van der Waals surface area contributed by atoms with Crippen molar-refractivity contribution in [2.75, 3.05) is 0 Å². The largest absolute Gasteiger partial charge is 0.267 e.